The Kier molecular flexibility index (Phi) is 12.3. The summed E-state index contributed by atoms with van der Waals surface area (Å²) in [6, 6.07) is 12.2. The Morgan fingerprint density at radius 3 is 1.09 bits per heavy atom. The Morgan fingerprint density at radius 1 is 0.464 bits per heavy atom. The molecule has 0 aliphatic carbocycles. The van der Waals surface area contributed by atoms with E-state index < -0.39 is 0 Å². The van der Waals surface area contributed by atoms with Crippen LogP contribution in [0.25, 0.3) is 40.4 Å². The molecule has 8 heteroatoms. The molecule has 0 fully saturated rings. The third kappa shape index (κ3) is 7.14. The first-order valence-corrected chi connectivity index (χ1v) is 22.9. The van der Waals surface area contributed by atoms with Crippen LogP contribution in [0.15, 0.2) is 36.4 Å². The van der Waals surface area contributed by atoms with Gasteiger partial charge < -0.3 is 18.9 Å². The van der Waals surface area contributed by atoms with Crippen molar-refractivity contribution in [2.45, 2.75) is 121 Å². The maximum Gasteiger partial charge on any atom is 0.132 e. The summed E-state index contributed by atoms with van der Waals surface area (Å²) in [5, 5.41) is 0. The quantitative estimate of drug-likeness (QED) is 0.116. The minimum absolute atomic E-state index is 0.0578. The molecule has 0 saturated heterocycles. The lowest BCUT2D eigenvalue weighted by Crippen LogP contribution is -2.22. The highest BCUT2D eigenvalue weighted by Gasteiger charge is 2.37. The van der Waals surface area contributed by atoms with Gasteiger partial charge in [-0.1, -0.05) is 19.1 Å². The van der Waals surface area contributed by atoms with Crippen LogP contribution in [-0.4, -0.2) is 26.4 Å². The largest absolute Gasteiger partial charge is 0.496 e. The van der Waals surface area contributed by atoms with Crippen LogP contribution in [-0.2, 0) is 5.41 Å². The molecule has 0 saturated carbocycles. The number of benzene rings is 2. The Labute approximate surface area is 351 Å². The zero-order valence-electron chi connectivity index (χ0n) is 36.1. The summed E-state index contributed by atoms with van der Waals surface area (Å²) < 4.78 is 24.6. The molecular weight excluding hydrogens is 769 g/mol. The van der Waals surface area contributed by atoms with E-state index in [1.807, 2.05) is 69.6 Å². The Bertz CT molecular complexity index is 2230. The van der Waals surface area contributed by atoms with Crippen LogP contribution in [0.4, 0.5) is 0 Å². The fraction of sp³-hybridized carbons (Fsp3) is 0.417. The molecule has 0 radical (unpaired) electrons. The molecule has 2 aromatic carbocycles. The summed E-state index contributed by atoms with van der Waals surface area (Å²) in [5.41, 5.74) is 12.7. The number of ether oxygens (including phenoxy) is 4. The molecule has 0 aliphatic heterocycles. The average molecular weight is 827 g/mol. The standard InChI is InChI=1S/C48H58O4S4/c1-17-48(14,46-32(12)30(10)44(55-46)42-28(8)26(6)40(53-42)38-34(49-15)20-18-22-36(38)51-24(2)3)47-33(13)31(11)45(56-47)43-29(9)27(7)41(54-43)39-35(50-16)21-19-23-37(39)52-25(4)5/h18-25H,17H2,1-16H3. The third-order valence-corrected chi connectivity index (χ3v) is 18.0. The van der Waals surface area contributed by atoms with Crippen molar-refractivity contribution in [2.24, 2.45) is 0 Å². The van der Waals surface area contributed by atoms with Crippen LogP contribution in [0.3, 0.4) is 0 Å². The van der Waals surface area contributed by atoms with Crippen molar-refractivity contribution >= 4 is 45.3 Å². The summed E-state index contributed by atoms with van der Waals surface area (Å²) in [4.78, 5) is 10.7. The second kappa shape index (κ2) is 16.4. The van der Waals surface area contributed by atoms with Gasteiger partial charge >= 0.3 is 0 Å². The highest BCUT2D eigenvalue weighted by atomic mass is 32.1. The number of hydrogen-bond donors (Lipinski definition) is 0. The van der Waals surface area contributed by atoms with E-state index in [2.05, 4.69) is 109 Å². The van der Waals surface area contributed by atoms with Gasteiger partial charge in [-0.25, -0.2) is 0 Å². The van der Waals surface area contributed by atoms with E-state index in [1.54, 1.807) is 14.2 Å². The first-order valence-electron chi connectivity index (χ1n) is 19.6. The number of hydrogen-bond acceptors (Lipinski definition) is 8. The summed E-state index contributed by atoms with van der Waals surface area (Å²) in [6.45, 7) is 31.5. The maximum absolute atomic E-state index is 6.35. The summed E-state index contributed by atoms with van der Waals surface area (Å²) in [5.74, 6) is 3.41. The number of methoxy groups -OCH3 is 2. The highest BCUT2D eigenvalue weighted by Crippen LogP contribution is 2.56. The molecule has 0 amide bonds. The molecule has 0 atom stereocenters. The van der Waals surface area contributed by atoms with Crippen LogP contribution in [0, 0.1) is 55.4 Å². The van der Waals surface area contributed by atoms with Crippen molar-refractivity contribution in [3.8, 4) is 63.4 Å². The topological polar surface area (TPSA) is 36.9 Å². The van der Waals surface area contributed by atoms with Gasteiger partial charge in [0.05, 0.1) is 37.6 Å². The SMILES string of the molecule is CCC(C)(c1sc(-c2sc(-c3c(OC)cccc3OC(C)C)c(C)c2C)c(C)c1C)c1sc(-c2sc(-c3c(OC)cccc3OC(C)C)c(C)c2C)c(C)c1C. The molecule has 0 aliphatic rings. The molecule has 56 heavy (non-hydrogen) atoms. The van der Waals surface area contributed by atoms with Gasteiger partial charge in [0.2, 0.25) is 0 Å². The first-order chi connectivity index (χ1) is 26.5. The fourth-order valence-corrected chi connectivity index (χ4v) is 14.1. The lowest BCUT2D eigenvalue weighted by Gasteiger charge is -2.28. The van der Waals surface area contributed by atoms with Gasteiger partial charge in [0.25, 0.3) is 0 Å². The third-order valence-electron chi connectivity index (χ3n) is 11.5. The summed E-state index contributed by atoms with van der Waals surface area (Å²) >= 11 is 7.71. The monoisotopic (exact) mass is 826 g/mol. The summed E-state index contributed by atoms with van der Waals surface area (Å²) in [6.07, 6.45) is 1.12. The van der Waals surface area contributed by atoms with Crippen LogP contribution >= 0.6 is 45.3 Å². The Hall–Kier alpha value is -3.56. The lowest BCUT2D eigenvalue weighted by molar-refractivity contribution is 0.242. The van der Waals surface area contributed by atoms with E-state index in [0.717, 1.165) is 40.5 Å². The molecule has 4 heterocycles. The van der Waals surface area contributed by atoms with E-state index in [9.17, 15) is 0 Å². The van der Waals surface area contributed by atoms with E-state index in [4.69, 9.17) is 18.9 Å². The molecule has 6 rings (SSSR count). The number of thiophene rings is 4. The van der Waals surface area contributed by atoms with Crippen molar-refractivity contribution in [3.63, 3.8) is 0 Å². The molecular formula is C48H58O4S4. The minimum atomic E-state index is -0.149. The molecule has 298 valence electrons. The zero-order chi connectivity index (χ0) is 41.0. The van der Waals surface area contributed by atoms with Crippen molar-refractivity contribution in [1.82, 2.24) is 0 Å². The molecule has 0 bridgehead atoms. The molecule has 0 N–H and O–H groups in total. The second-order valence-electron chi connectivity index (χ2n) is 15.7. The van der Waals surface area contributed by atoms with Crippen molar-refractivity contribution < 1.29 is 18.9 Å². The van der Waals surface area contributed by atoms with Crippen LogP contribution in [0.1, 0.15) is 102 Å². The molecule has 0 spiro atoms. The normalized spacial score (nSPS) is 12.0. The van der Waals surface area contributed by atoms with Gasteiger partial charge in [0, 0.05) is 44.4 Å². The zero-order valence-corrected chi connectivity index (χ0v) is 39.4. The van der Waals surface area contributed by atoms with Gasteiger partial charge in [-0.2, -0.15) is 0 Å². The first kappa shape index (κ1) is 42.1. The van der Waals surface area contributed by atoms with Gasteiger partial charge in [0.1, 0.15) is 23.0 Å². The maximum atomic E-state index is 6.35. The predicted molar refractivity (Wildman–Crippen MR) is 245 cm³/mol. The fourth-order valence-electron chi connectivity index (χ4n) is 7.72. The smallest absolute Gasteiger partial charge is 0.132 e. The lowest BCUT2D eigenvalue weighted by atomic mass is 9.80. The van der Waals surface area contributed by atoms with Crippen molar-refractivity contribution in [3.05, 3.63) is 90.7 Å². The molecule has 0 unspecified atom stereocenters. The molecule has 4 aromatic heterocycles. The predicted octanol–water partition coefficient (Wildman–Crippen LogP) is 15.4. The van der Waals surface area contributed by atoms with Gasteiger partial charge in [-0.05, 0) is 165 Å². The number of rotatable bonds is 13. The molecule has 6 aromatic rings. The van der Waals surface area contributed by atoms with E-state index >= 15 is 0 Å². The van der Waals surface area contributed by atoms with E-state index in [1.165, 1.54) is 83.5 Å². The van der Waals surface area contributed by atoms with Gasteiger partial charge in [-0.15, -0.1) is 45.3 Å². The molecule has 4 nitrogen and oxygen atoms in total. The Balaban J connectivity index is 1.47. The van der Waals surface area contributed by atoms with Crippen LogP contribution in [0.2, 0.25) is 0 Å². The van der Waals surface area contributed by atoms with Gasteiger partial charge in [0.15, 0.2) is 0 Å². The highest BCUT2D eigenvalue weighted by molar-refractivity contribution is 7.25. The summed E-state index contributed by atoms with van der Waals surface area (Å²) in [7, 11) is 3.50. The van der Waals surface area contributed by atoms with Crippen molar-refractivity contribution in [1.29, 1.82) is 0 Å². The Morgan fingerprint density at radius 2 is 0.768 bits per heavy atom. The van der Waals surface area contributed by atoms with Crippen LogP contribution in [0.5, 0.6) is 23.0 Å². The van der Waals surface area contributed by atoms with Gasteiger partial charge in [-0.3, -0.25) is 0 Å². The van der Waals surface area contributed by atoms with E-state index in [-0.39, 0.29) is 17.6 Å². The average Bonchev–Trinajstić information content (AvgIpc) is 3.84. The van der Waals surface area contributed by atoms with E-state index in [0.29, 0.717) is 0 Å². The van der Waals surface area contributed by atoms with Crippen LogP contribution < -0.4 is 18.9 Å². The second-order valence-corrected chi connectivity index (χ2v) is 19.8. The van der Waals surface area contributed by atoms with Crippen molar-refractivity contribution in [2.75, 3.05) is 14.2 Å². The minimum Gasteiger partial charge on any atom is -0.496 e.